The summed E-state index contributed by atoms with van der Waals surface area (Å²) in [5, 5.41) is 0. The number of methoxy groups -OCH3 is 1. The molecule has 0 aliphatic carbocycles. The van der Waals surface area contributed by atoms with E-state index in [1.165, 1.54) is 7.11 Å². The second-order valence-electron chi connectivity index (χ2n) is 6.31. The van der Waals surface area contributed by atoms with Gasteiger partial charge in [-0.25, -0.2) is 0 Å². The second-order valence-corrected chi connectivity index (χ2v) is 6.31. The zero-order valence-electron chi connectivity index (χ0n) is 12.4. The number of hydrogen-bond donors (Lipinski definition) is 1. The molecule has 1 aliphatic heterocycles. The fourth-order valence-electron chi connectivity index (χ4n) is 2.93. The van der Waals surface area contributed by atoms with E-state index in [1.54, 1.807) is 0 Å². The van der Waals surface area contributed by atoms with E-state index in [1.807, 2.05) is 24.3 Å². The molecular formula is C16H23NO3. The number of hydrogen-bond acceptors (Lipinski definition) is 4. The molecule has 1 unspecified atom stereocenters. The predicted octanol–water partition coefficient (Wildman–Crippen LogP) is 2.86. The Morgan fingerprint density at radius 2 is 2.00 bits per heavy atom. The van der Waals surface area contributed by atoms with Crippen molar-refractivity contribution in [1.29, 1.82) is 0 Å². The van der Waals surface area contributed by atoms with Crippen LogP contribution in [0, 0.1) is 5.41 Å². The predicted molar refractivity (Wildman–Crippen MR) is 78.1 cm³/mol. The molecule has 1 saturated heterocycles. The molecule has 1 atom stereocenters. The van der Waals surface area contributed by atoms with Gasteiger partial charge in [0, 0.05) is 12.3 Å². The number of carbonyl (C=O) groups is 1. The summed E-state index contributed by atoms with van der Waals surface area (Å²) in [6, 6.07) is 7.58. The van der Waals surface area contributed by atoms with Crippen LogP contribution in [0.1, 0.15) is 38.7 Å². The Balaban J connectivity index is 2.37. The Labute approximate surface area is 120 Å². The zero-order valence-corrected chi connectivity index (χ0v) is 12.4. The molecule has 1 heterocycles. The number of nitrogens with two attached hydrogens (primary N) is 1. The highest BCUT2D eigenvalue weighted by Gasteiger charge is 2.44. The van der Waals surface area contributed by atoms with Gasteiger partial charge in [-0.3, -0.25) is 4.79 Å². The van der Waals surface area contributed by atoms with Crippen LogP contribution in [0.5, 0.6) is 0 Å². The van der Waals surface area contributed by atoms with Gasteiger partial charge in [0.15, 0.2) is 0 Å². The maximum absolute atomic E-state index is 11.8. The van der Waals surface area contributed by atoms with Crippen LogP contribution >= 0.6 is 0 Å². The van der Waals surface area contributed by atoms with Gasteiger partial charge in [-0.2, -0.15) is 0 Å². The summed E-state index contributed by atoms with van der Waals surface area (Å²) in [6.45, 7) is 5.06. The number of rotatable bonds is 3. The maximum atomic E-state index is 11.8. The van der Waals surface area contributed by atoms with Crippen LogP contribution in [0.15, 0.2) is 24.3 Å². The monoisotopic (exact) mass is 277 g/mol. The van der Waals surface area contributed by atoms with Gasteiger partial charge in [-0.1, -0.05) is 26.0 Å². The molecule has 1 fully saturated rings. The molecule has 2 N–H and O–H groups in total. The van der Waals surface area contributed by atoms with E-state index in [4.69, 9.17) is 15.2 Å². The highest BCUT2D eigenvalue weighted by Crippen LogP contribution is 2.46. The minimum Gasteiger partial charge on any atom is -0.469 e. The first-order valence-electron chi connectivity index (χ1n) is 6.94. The first kappa shape index (κ1) is 14.9. The summed E-state index contributed by atoms with van der Waals surface area (Å²) < 4.78 is 10.9. The summed E-state index contributed by atoms with van der Waals surface area (Å²) in [5.74, 6) is -0.250. The second kappa shape index (κ2) is 5.44. The van der Waals surface area contributed by atoms with Gasteiger partial charge in [0.1, 0.15) is 5.60 Å². The van der Waals surface area contributed by atoms with E-state index in [0.29, 0.717) is 12.3 Å². The molecular weight excluding hydrogens is 254 g/mol. The molecule has 0 spiro atoms. The lowest BCUT2D eigenvalue weighted by molar-refractivity contribution is -0.162. The van der Waals surface area contributed by atoms with Crippen molar-refractivity contribution in [2.24, 2.45) is 5.41 Å². The molecule has 110 valence electrons. The molecule has 2 rings (SSSR count). The summed E-state index contributed by atoms with van der Waals surface area (Å²) in [6.07, 6.45) is 2.01. The van der Waals surface area contributed by atoms with Gasteiger partial charge in [0.2, 0.25) is 0 Å². The number of carbonyl (C=O) groups excluding carboxylic acids is 1. The molecule has 0 radical (unpaired) electrons. The highest BCUT2D eigenvalue weighted by molar-refractivity contribution is 5.71. The third-order valence-electron chi connectivity index (χ3n) is 4.02. The third-order valence-corrected chi connectivity index (χ3v) is 4.02. The van der Waals surface area contributed by atoms with Gasteiger partial charge in [0.25, 0.3) is 0 Å². The fraction of sp³-hybridized carbons (Fsp3) is 0.562. The standard InChI is InChI=1S/C16H23NO3/c1-15(2)8-9-20-16(11-15,10-14(18)19-3)12-4-6-13(17)7-5-12/h4-7H,8-11,17H2,1-3H3. The SMILES string of the molecule is COC(=O)CC1(c2ccc(N)cc2)CC(C)(C)CCO1. The van der Waals surface area contributed by atoms with Crippen molar-refractivity contribution in [3.8, 4) is 0 Å². The normalized spacial score (nSPS) is 25.1. The Morgan fingerprint density at radius 3 is 2.55 bits per heavy atom. The van der Waals surface area contributed by atoms with E-state index in [-0.39, 0.29) is 17.8 Å². The minimum atomic E-state index is -0.609. The first-order valence-corrected chi connectivity index (χ1v) is 6.94. The van der Waals surface area contributed by atoms with E-state index >= 15 is 0 Å². The van der Waals surface area contributed by atoms with Crippen LogP contribution in [-0.4, -0.2) is 19.7 Å². The molecule has 1 aromatic carbocycles. The van der Waals surface area contributed by atoms with Crippen LogP contribution in [0.4, 0.5) is 5.69 Å². The third kappa shape index (κ3) is 3.12. The van der Waals surface area contributed by atoms with E-state index in [0.717, 1.165) is 18.4 Å². The topological polar surface area (TPSA) is 61.5 Å². The maximum Gasteiger partial charge on any atom is 0.308 e. The lowest BCUT2D eigenvalue weighted by Gasteiger charge is -2.44. The number of nitrogen functional groups attached to an aromatic ring is 1. The van der Waals surface area contributed by atoms with Crippen molar-refractivity contribution >= 4 is 11.7 Å². The lowest BCUT2D eigenvalue weighted by Crippen LogP contribution is -2.42. The van der Waals surface area contributed by atoms with Gasteiger partial charge >= 0.3 is 5.97 Å². The van der Waals surface area contributed by atoms with Gasteiger partial charge in [0.05, 0.1) is 13.5 Å². The van der Waals surface area contributed by atoms with Crippen LogP contribution in [0.25, 0.3) is 0 Å². The zero-order chi connectivity index (χ0) is 14.8. The van der Waals surface area contributed by atoms with Crippen molar-refractivity contribution in [2.45, 2.75) is 38.7 Å². The van der Waals surface area contributed by atoms with Crippen molar-refractivity contribution < 1.29 is 14.3 Å². The largest absolute Gasteiger partial charge is 0.469 e. The quantitative estimate of drug-likeness (QED) is 0.681. The lowest BCUT2D eigenvalue weighted by atomic mass is 9.71. The van der Waals surface area contributed by atoms with E-state index < -0.39 is 5.60 Å². The van der Waals surface area contributed by atoms with Gasteiger partial charge in [-0.05, 0) is 36.0 Å². The molecule has 0 amide bonds. The minimum absolute atomic E-state index is 0.133. The summed E-state index contributed by atoms with van der Waals surface area (Å²) in [5.41, 5.74) is 6.97. The molecule has 1 aliphatic rings. The Bertz CT molecular complexity index is 481. The van der Waals surface area contributed by atoms with Crippen LogP contribution in [0.3, 0.4) is 0 Å². The van der Waals surface area contributed by atoms with Crippen molar-refractivity contribution in [1.82, 2.24) is 0 Å². The van der Waals surface area contributed by atoms with Crippen LogP contribution in [0.2, 0.25) is 0 Å². The smallest absolute Gasteiger partial charge is 0.308 e. The molecule has 20 heavy (non-hydrogen) atoms. The summed E-state index contributed by atoms with van der Waals surface area (Å²) in [7, 11) is 1.41. The summed E-state index contributed by atoms with van der Waals surface area (Å²) in [4.78, 5) is 11.8. The Kier molecular flexibility index (Phi) is 4.04. The van der Waals surface area contributed by atoms with Crippen LogP contribution in [-0.2, 0) is 19.9 Å². The van der Waals surface area contributed by atoms with E-state index in [9.17, 15) is 4.79 Å². The molecule has 0 saturated carbocycles. The molecule has 4 heteroatoms. The Morgan fingerprint density at radius 1 is 1.35 bits per heavy atom. The number of benzene rings is 1. The molecule has 0 bridgehead atoms. The number of esters is 1. The van der Waals surface area contributed by atoms with Gasteiger partial charge < -0.3 is 15.2 Å². The van der Waals surface area contributed by atoms with Crippen molar-refractivity contribution in [3.63, 3.8) is 0 Å². The average molecular weight is 277 g/mol. The van der Waals surface area contributed by atoms with Crippen molar-refractivity contribution in [3.05, 3.63) is 29.8 Å². The average Bonchev–Trinajstić information content (AvgIpc) is 2.38. The summed E-state index contributed by atoms with van der Waals surface area (Å²) >= 11 is 0. The molecule has 1 aromatic rings. The van der Waals surface area contributed by atoms with E-state index in [2.05, 4.69) is 13.8 Å². The molecule has 0 aromatic heterocycles. The molecule has 4 nitrogen and oxygen atoms in total. The van der Waals surface area contributed by atoms with Crippen LogP contribution < -0.4 is 5.73 Å². The fourth-order valence-corrected chi connectivity index (χ4v) is 2.93. The van der Waals surface area contributed by atoms with Crippen molar-refractivity contribution in [2.75, 3.05) is 19.5 Å². The number of ether oxygens (including phenoxy) is 2. The first-order chi connectivity index (χ1) is 9.37. The highest BCUT2D eigenvalue weighted by atomic mass is 16.5. The number of anilines is 1. The Hall–Kier alpha value is -1.55. The van der Waals surface area contributed by atoms with Gasteiger partial charge in [-0.15, -0.1) is 0 Å².